The van der Waals surface area contributed by atoms with E-state index in [0.717, 1.165) is 29.8 Å². The molecule has 3 rings (SSSR count). The summed E-state index contributed by atoms with van der Waals surface area (Å²) in [6.45, 7) is 2.26. The monoisotopic (exact) mass is 458 g/mol. The molecule has 0 aromatic heterocycles. The van der Waals surface area contributed by atoms with E-state index < -0.39 is 22.1 Å². The SMILES string of the molecule is Cc1cccc(OCC(=O)N2CCN(S(=O)(=O)c3ccc(OC(F)(F)F)cc3)CC2)c1. The van der Waals surface area contributed by atoms with E-state index in [2.05, 4.69) is 4.74 Å². The molecule has 0 unspecified atom stereocenters. The van der Waals surface area contributed by atoms with E-state index >= 15 is 0 Å². The summed E-state index contributed by atoms with van der Waals surface area (Å²) in [7, 11) is -3.90. The molecular weight excluding hydrogens is 437 g/mol. The molecule has 2 aromatic rings. The van der Waals surface area contributed by atoms with E-state index in [-0.39, 0.29) is 43.6 Å². The standard InChI is InChI=1S/C20H21F3N2O5S/c1-15-3-2-4-17(13-15)29-14-19(26)24-9-11-25(12-10-24)31(27,28)18-7-5-16(6-8-18)30-20(21,22)23/h2-8,13H,9-12,14H2,1H3. The van der Waals surface area contributed by atoms with Gasteiger partial charge in [-0.1, -0.05) is 12.1 Å². The van der Waals surface area contributed by atoms with Gasteiger partial charge >= 0.3 is 6.36 Å². The van der Waals surface area contributed by atoms with Gasteiger partial charge in [0.1, 0.15) is 11.5 Å². The number of hydrogen-bond acceptors (Lipinski definition) is 5. The normalized spacial score (nSPS) is 15.5. The Kier molecular flexibility index (Phi) is 6.75. The minimum atomic E-state index is -4.85. The number of rotatable bonds is 6. The summed E-state index contributed by atoms with van der Waals surface area (Å²) in [4.78, 5) is 13.7. The molecule has 1 aliphatic heterocycles. The number of benzene rings is 2. The summed E-state index contributed by atoms with van der Waals surface area (Å²) in [5.41, 5.74) is 1.00. The second kappa shape index (κ2) is 9.15. The molecule has 0 bridgehead atoms. The highest BCUT2D eigenvalue weighted by Gasteiger charge is 2.32. The molecule has 1 fully saturated rings. The van der Waals surface area contributed by atoms with Crippen LogP contribution >= 0.6 is 0 Å². The minimum Gasteiger partial charge on any atom is -0.484 e. The van der Waals surface area contributed by atoms with E-state index in [1.165, 1.54) is 9.21 Å². The number of hydrogen-bond donors (Lipinski definition) is 0. The molecule has 2 aromatic carbocycles. The summed E-state index contributed by atoms with van der Waals surface area (Å²) in [5.74, 6) is -0.185. The summed E-state index contributed by atoms with van der Waals surface area (Å²) < 4.78 is 72.7. The lowest BCUT2D eigenvalue weighted by Crippen LogP contribution is -2.51. The maximum absolute atomic E-state index is 12.7. The number of nitrogens with zero attached hydrogens (tertiary/aromatic N) is 2. The second-order valence-corrected chi connectivity index (χ2v) is 8.85. The van der Waals surface area contributed by atoms with Gasteiger partial charge in [0, 0.05) is 26.2 Å². The van der Waals surface area contributed by atoms with Crippen molar-refractivity contribution < 1.29 is 35.9 Å². The molecule has 1 heterocycles. The van der Waals surface area contributed by atoms with Crippen LogP contribution in [0.3, 0.4) is 0 Å². The predicted molar refractivity (Wildman–Crippen MR) is 105 cm³/mol. The van der Waals surface area contributed by atoms with Crippen molar-refractivity contribution in [3.05, 3.63) is 54.1 Å². The zero-order valence-corrected chi connectivity index (χ0v) is 17.4. The van der Waals surface area contributed by atoms with Gasteiger partial charge in [-0.05, 0) is 48.9 Å². The third kappa shape index (κ3) is 6.11. The highest BCUT2D eigenvalue weighted by Crippen LogP contribution is 2.25. The summed E-state index contributed by atoms with van der Waals surface area (Å²) in [6, 6.07) is 11.3. The van der Waals surface area contributed by atoms with Crippen LogP contribution in [0.25, 0.3) is 0 Å². The molecule has 0 atom stereocenters. The number of aryl methyl sites for hydroxylation is 1. The zero-order valence-electron chi connectivity index (χ0n) is 16.6. The summed E-state index contributed by atoms with van der Waals surface area (Å²) in [6.07, 6.45) is -4.85. The molecule has 0 saturated carbocycles. The van der Waals surface area contributed by atoms with E-state index in [4.69, 9.17) is 4.74 Å². The Morgan fingerprint density at radius 1 is 1.00 bits per heavy atom. The van der Waals surface area contributed by atoms with Crippen LogP contribution in [0.15, 0.2) is 53.4 Å². The Labute approximate surface area is 178 Å². The molecule has 31 heavy (non-hydrogen) atoms. The first kappa shape index (κ1) is 22.9. The number of carbonyl (C=O) groups is 1. The van der Waals surface area contributed by atoms with Gasteiger partial charge in [-0.15, -0.1) is 13.2 Å². The number of piperazine rings is 1. The molecule has 1 saturated heterocycles. The van der Waals surface area contributed by atoms with Gasteiger partial charge in [0.2, 0.25) is 10.0 Å². The van der Waals surface area contributed by atoms with Gasteiger partial charge in [0.15, 0.2) is 6.61 Å². The summed E-state index contributed by atoms with van der Waals surface area (Å²) >= 11 is 0. The smallest absolute Gasteiger partial charge is 0.484 e. The highest BCUT2D eigenvalue weighted by molar-refractivity contribution is 7.89. The van der Waals surface area contributed by atoms with Crippen LogP contribution in [-0.4, -0.2) is 62.7 Å². The van der Waals surface area contributed by atoms with Gasteiger partial charge in [0.05, 0.1) is 4.90 Å². The molecule has 0 aliphatic carbocycles. The van der Waals surface area contributed by atoms with Crippen molar-refractivity contribution in [1.29, 1.82) is 0 Å². The van der Waals surface area contributed by atoms with Crippen molar-refractivity contribution in [2.45, 2.75) is 18.2 Å². The van der Waals surface area contributed by atoms with Crippen LogP contribution in [0.1, 0.15) is 5.56 Å². The van der Waals surface area contributed by atoms with Gasteiger partial charge in [-0.3, -0.25) is 4.79 Å². The lowest BCUT2D eigenvalue weighted by atomic mass is 10.2. The molecule has 7 nitrogen and oxygen atoms in total. The number of sulfonamides is 1. The van der Waals surface area contributed by atoms with E-state index in [1.807, 2.05) is 25.1 Å². The first-order chi connectivity index (χ1) is 14.5. The Hall–Kier alpha value is -2.79. The number of carbonyl (C=O) groups excluding carboxylic acids is 1. The van der Waals surface area contributed by atoms with Crippen LogP contribution in [0.4, 0.5) is 13.2 Å². The lowest BCUT2D eigenvalue weighted by molar-refractivity contribution is -0.274. The predicted octanol–water partition coefficient (Wildman–Crippen LogP) is 2.81. The van der Waals surface area contributed by atoms with Crippen molar-refractivity contribution in [3.63, 3.8) is 0 Å². The van der Waals surface area contributed by atoms with Gasteiger partial charge in [-0.25, -0.2) is 8.42 Å². The topological polar surface area (TPSA) is 76.2 Å². The van der Waals surface area contributed by atoms with Crippen LogP contribution < -0.4 is 9.47 Å². The number of halogens is 3. The first-order valence-corrected chi connectivity index (χ1v) is 10.8. The number of amides is 1. The molecular formula is C20H21F3N2O5S. The average molecular weight is 458 g/mol. The van der Waals surface area contributed by atoms with E-state index in [0.29, 0.717) is 5.75 Å². The maximum Gasteiger partial charge on any atom is 0.573 e. The summed E-state index contributed by atoms with van der Waals surface area (Å²) in [5, 5.41) is 0. The van der Waals surface area contributed by atoms with E-state index in [9.17, 15) is 26.4 Å². The van der Waals surface area contributed by atoms with Crippen molar-refractivity contribution in [2.75, 3.05) is 32.8 Å². The third-order valence-corrected chi connectivity index (χ3v) is 6.55. The fourth-order valence-corrected chi connectivity index (χ4v) is 4.50. The second-order valence-electron chi connectivity index (χ2n) is 6.91. The Bertz CT molecular complexity index is 1020. The molecule has 1 aliphatic rings. The van der Waals surface area contributed by atoms with Crippen LogP contribution in [-0.2, 0) is 14.8 Å². The largest absolute Gasteiger partial charge is 0.573 e. The lowest BCUT2D eigenvalue weighted by Gasteiger charge is -2.34. The van der Waals surface area contributed by atoms with Crippen molar-refractivity contribution in [1.82, 2.24) is 9.21 Å². The fourth-order valence-electron chi connectivity index (χ4n) is 3.08. The van der Waals surface area contributed by atoms with Crippen LogP contribution in [0, 0.1) is 6.92 Å². The first-order valence-electron chi connectivity index (χ1n) is 9.38. The Balaban J connectivity index is 1.55. The molecule has 1 amide bonds. The average Bonchev–Trinajstić information content (AvgIpc) is 2.71. The third-order valence-electron chi connectivity index (χ3n) is 4.64. The van der Waals surface area contributed by atoms with Crippen molar-refractivity contribution in [2.24, 2.45) is 0 Å². The molecule has 0 radical (unpaired) electrons. The number of ether oxygens (including phenoxy) is 2. The maximum atomic E-state index is 12.7. The van der Waals surface area contributed by atoms with Crippen molar-refractivity contribution in [3.8, 4) is 11.5 Å². The minimum absolute atomic E-state index is 0.0688. The Morgan fingerprint density at radius 3 is 2.23 bits per heavy atom. The van der Waals surface area contributed by atoms with Crippen LogP contribution in [0.5, 0.6) is 11.5 Å². The van der Waals surface area contributed by atoms with E-state index in [1.54, 1.807) is 6.07 Å². The fraction of sp³-hybridized carbons (Fsp3) is 0.350. The zero-order chi connectivity index (χ0) is 22.6. The van der Waals surface area contributed by atoms with Crippen LogP contribution in [0.2, 0.25) is 0 Å². The van der Waals surface area contributed by atoms with Gasteiger partial charge < -0.3 is 14.4 Å². The van der Waals surface area contributed by atoms with Gasteiger partial charge in [0.25, 0.3) is 5.91 Å². The Morgan fingerprint density at radius 2 is 1.65 bits per heavy atom. The molecule has 11 heteroatoms. The highest BCUT2D eigenvalue weighted by atomic mass is 32.2. The molecule has 0 spiro atoms. The molecule has 168 valence electrons. The molecule has 0 N–H and O–H groups in total. The quantitative estimate of drug-likeness (QED) is 0.666. The van der Waals surface area contributed by atoms with Crippen molar-refractivity contribution >= 4 is 15.9 Å². The van der Waals surface area contributed by atoms with Gasteiger partial charge in [-0.2, -0.15) is 4.31 Å². The number of alkyl halides is 3.